The van der Waals surface area contributed by atoms with Crippen molar-refractivity contribution in [3.05, 3.63) is 64.7 Å². The minimum Gasteiger partial charge on any atom is -0.508 e. The van der Waals surface area contributed by atoms with E-state index in [0.29, 0.717) is 16.1 Å². The average Bonchev–Trinajstić information content (AvgIpc) is 2.45. The van der Waals surface area contributed by atoms with Crippen molar-refractivity contribution in [3.63, 3.8) is 0 Å². The number of carbonyl (C=O) groups is 1. The first-order chi connectivity index (χ1) is 10.0. The topological polar surface area (TPSA) is 69.6 Å². The van der Waals surface area contributed by atoms with Crippen LogP contribution in [-0.2, 0) is 11.2 Å². The number of hydrogen-bond donors (Lipinski definition) is 3. The predicted molar refractivity (Wildman–Crippen MR) is 81.2 cm³/mol. The Balaban J connectivity index is 1.84. The smallest absolute Gasteiger partial charge is 0.224 e. The fourth-order valence-corrected chi connectivity index (χ4v) is 2.05. The quantitative estimate of drug-likeness (QED) is 0.794. The lowest BCUT2D eigenvalue weighted by atomic mass is 10.1. The third-order valence-corrected chi connectivity index (χ3v) is 3.27. The highest BCUT2D eigenvalue weighted by molar-refractivity contribution is 6.30. The summed E-state index contributed by atoms with van der Waals surface area (Å²) in [6.07, 6.45) is -0.628. The van der Waals surface area contributed by atoms with Crippen LogP contribution < -0.4 is 5.32 Å². The van der Waals surface area contributed by atoms with Crippen molar-refractivity contribution in [2.24, 2.45) is 0 Å². The van der Waals surface area contributed by atoms with Crippen molar-refractivity contribution < 1.29 is 15.0 Å². The zero-order valence-corrected chi connectivity index (χ0v) is 12.0. The number of halogens is 1. The molecule has 2 rings (SSSR count). The van der Waals surface area contributed by atoms with Crippen LogP contribution in [-0.4, -0.2) is 22.7 Å². The summed E-state index contributed by atoms with van der Waals surface area (Å²) in [7, 11) is 0. The molecule has 2 aromatic carbocycles. The molecular formula is C16H16ClNO3. The maximum atomic E-state index is 11.8. The van der Waals surface area contributed by atoms with Gasteiger partial charge in [0.25, 0.3) is 0 Å². The van der Waals surface area contributed by atoms with Crippen molar-refractivity contribution in [2.75, 3.05) is 6.54 Å². The number of aromatic hydroxyl groups is 1. The van der Waals surface area contributed by atoms with Gasteiger partial charge >= 0.3 is 0 Å². The number of rotatable bonds is 5. The molecule has 4 nitrogen and oxygen atoms in total. The normalized spacial score (nSPS) is 11.9. The predicted octanol–water partition coefficient (Wildman–Crippen LogP) is 2.44. The van der Waals surface area contributed by atoms with Crippen molar-refractivity contribution in [1.29, 1.82) is 0 Å². The van der Waals surface area contributed by atoms with Gasteiger partial charge < -0.3 is 15.5 Å². The number of amides is 1. The summed E-state index contributed by atoms with van der Waals surface area (Å²) in [4.78, 5) is 11.8. The number of hydrogen-bond acceptors (Lipinski definition) is 3. The van der Waals surface area contributed by atoms with Gasteiger partial charge in [-0.2, -0.15) is 0 Å². The number of aliphatic hydroxyl groups is 1. The van der Waals surface area contributed by atoms with Gasteiger partial charge in [0.15, 0.2) is 0 Å². The van der Waals surface area contributed by atoms with Crippen LogP contribution >= 0.6 is 11.6 Å². The van der Waals surface area contributed by atoms with E-state index in [2.05, 4.69) is 5.32 Å². The molecule has 110 valence electrons. The van der Waals surface area contributed by atoms with Gasteiger partial charge in [0.05, 0.1) is 12.5 Å². The third kappa shape index (κ3) is 4.77. The highest BCUT2D eigenvalue weighted by atomic mass is 35.5. The zero-order valence-electron chi connectivity index (χ0n) is 11.3. The molecule has 1 atom stereocenters. The van der Waals surface area contributed by atoms with Crippen LogP contribution in [0.25, 0.3) is 0 Å². The van der Waals surface area contributed by atoms with E-state index in [-0.39, 0.29) is 24.6 Å². The summed E-state index contributed by atoms with van der Waals surface area (Å²) in [5.74, 6) is -0.0879. The monoisotopic (exact) mass is 305 g/mol. The molecular weight excluding hydrogens is 290 g/mol. The molecule has 0 spiro atoms. The van der Waals surface area contributed by atoms with Crippen LogP contribution in [0.1, 0.15) is 17.2 Å². The molecule has 0 bridgehead atoms. The van der Waals surface area contributed by atoms with E-state index in [1.807, 2.05) is 0 Å². The third-order valence-electron chi connectivity index (χ3n) is 3.02. The highest BCUT2D eigenvalue weighted by Gasteiger charge is 2.10. The van der Waals surface area contributed by atoms with E-state index in [4.69, 9.17) is 11.6 Å². The van der Waals surface area contributed by atoms with E-state index in [9.17, 15) is 15.0 Å². The molecule has 1 amide bonds. The Morgan fingerprint density at radius 3 is 2.57 bits per heavy atom. The maximum absolute atomic E-state index is 11.8. The number of phenols is 1. The molecule has 0 heterocycles. The maximum Gasteiger partial charge on any atom is 0.224 e. The summed E-state index contributed by atoms with van der Waals surface area (Å²) in [6.45, 7) is 0.124. The van der Waals surface area contributed by atoms with Gasteiger partial charge in [0.1, 0.15) is 5.75 Å². The Bertz CT molecular complexity index is 613. The lowest BCUT2D eigenvalue weighted by molar-refractivity contribution is -0.120. The minimum atomic E-state index is -0.782. The summed E-state index contributed by atoms with van der Waals surface area (Å²) < 4.78 is 0. The second kappa shape index (κ2) is 7.11. The van der Waals surface area contributed by atoms with Gasteiger partial charge in [-0.05, 0) is 35.4 Å². The van der Waals surface area contributed by atoms with Crippen LogP contribution in [0.3, 0.4) is 0 Å². The SMILES string of the molecule is O=C(Cc1cccc(O)c1)NCC(O)c1ccc(Cl)cc1. The molecule has 0 aromatic heterocycles. The summed E-state index contributed by atoms with van der Waals surface area (Å²) in [5, 5.41) is 22.6. The molecule has 0 aliphatic heterocycles. The Kier molecular flexibility index (Phi) is 5.20. The number of aliphatic hydroxyl groups excluding tert-OH is 1. The van der Waals surface area contributed by atoms with Gasteiger partial charge in [-0.3, -0.25) is 4.79 Å². The van der Waals surface area contributed by atoms with Gasteiger partial charge in [-0.15, -0.1) is 0 Å². The van der Waals surface area contributed by atoms with Gasteiger partial charge in [0, 0.05) is 11.6 Å². The van der Waals surface area contributed by atoms with Crippen LogP contribution in [0.15, 0.2) is 48.5 Å². The van der Waals surface area contributed by atoms with Crippen LogP contribution in [0.5, 0.6) is 5.75 Å². The highest BCUT2D eigenvalue weighted by Crippen LogP contribution is 2.16. The fraction of sp³-hybridized carbons (Fsp3) is 0.188. The van der Waals surface area contributed by atoms with E-state index >= 15 is 0 Å². The van der Waals surface area contributed by atoms with Crippen LogP contribution in [0.4, 0.5) is 0 Å². The van der Waals surface area contributed by atoms with Crippen molar-refractivity contribution in [3.8, 4) is 5.75 Å². The average molecular weight is 306 g/mol. The Morgan fingerprint density at radius 2 is 1.90 bits per heavy atom. The standard InChI is InChI=1S/C16H16ClNO3/c17-13-6-4-12(5-7-13)15(20)10-18-16(21)9-11-2-1-3-14(19)8-11/h1-8,15,19-20H,9-10H2,(H,18,21). The first kappa shape index (κ1) is 15.4. The Morgan fingerprint density at radius 1 is 1.19 bits per heavy atom. The van der Waals surface area contributed by atoms with E-state index in [1.165, 1.54) is 6.07 Å². The molecule has 0 aliphatic rings. The molecule has 5 heteroatoms. The molecule has 21 heavy (non-hydrogen) atoms. The summed E-state index contributed by atoms with van der Waals surface area (Å²) in [5.41, 5.74) is 1.41. The van der Waals surface area contributed by atoms with Gasteiger partial charge in [-0.25, -0.2) is 0 Å². The fourth-order valence-electron chi connectivity index (χ4n) is 1.93. The molecule has 0 fully saturated rings. The van der Waals surface area contributed by atoms with E-state index in [0.717, 1.165) is 0 Å². The largest absolute Gasteiger partial charge is 0.508 e. The van der Waals surface area contributed by atoms with Crippen molar-refractivity contribution in [1.82, 2.24) is 5.32 Å². The van der Waals surface area contributed by atoms with Crippen molar-refractivity contribution >= 4 is 17.5 Å². The second-order valence-corrected chi connectivity index (χ2v) is 5.15. The molecule has 0 saturated heterocycles. The van der Waals surface area contributed by atoms with Crippen molar-refractivity contribution in [2.45, 2.75) is 12.5 Å². The Labute approximate surface area is 128 Å². The number of phenolic OH excluding ortho intramolecular Hbond substituents is 1. The molecule has 1 unspecified atom stereocenters. The molecule has 0 saturated carbocycles. The molecule has 3 N–H and O–H groups in total. The molecule has 0 radical (unpaired) electrons. The van der Waals surface area contributed by atoms with E-state index < -0.39 is 6.10 Å². The Hall–Kier alpha value is -2.04. The number of benzene rings is 2. The second-order valence-electron chi connectivity index (χ2n) is 4.72. The van der Waals surface area contributed by atoms with Crippen LogP contribution in [0, 0.1) is 0 Å². The lowest BCUT2D eigenvalue weighted by Crippen LogP contribution is -2.29. The van der Waals surface area contributed by atoms with Crippen LogP contribution in [0.2, 0.25) is 5.02 Å². The first-order valence-corrected chi connectivity index (χ1v) is 6.90. The molecule has 0 aliphatic carbocycles. The summed E-state index contributed by atoms with van der Waals surface area (Å²) in [6, 6.07) is 13.3. The number of carbonyl (C=O) groups excluding carboxylic acids is 1. The zero-order chi connectivity index (χ0) is 15.2. The van der Waals surface area contributed by atoms with Gasteiger partial charge in [0.2, 0.25) is 5.91 Å². The van der Waals surface area contributed by atoms with Gasteiger partial charge in [-0.1, -0.05) is 35.9 Å². The first-order valence-electron chi connectivity index (χ1n) is 6.53. The molecule has 2 aromatic rings. The minimum absolute atomic E-state index is 0.124. The van der Waals surface area contributed by atoms with E-state index in [1.54, 1.807) is 42.5 Å². The number of nitrogens with one attached hydrogen (secondary N) is 1. The summed E-state index contributed by atoms with van der Waals surface area (Å²) >= 11 is 5.78. The lowest BCUT2D eigenvalue weighted by Gasteiger charge is -2.12.